The predicted molar refractivity (Wildman–Crippen MR) is 87.4 cm³/mol. The van der Waals surface area contributed by atoms with E-state index in [1.165, 1.54) is 57.3 Å². The first-order chi connectivity index (χ1) is 10.5. The number of thioether (sulfide) groups is 1. The molecule has 2 unspecified atom stereocenters. The van der Waals surface area contributed by atoms with E-state index < -0.39 is 5.25 Å². The Kier molecular flexibility index (Phi) is 6.29. The summed E-state index contributed by atoms with van der Waals surface area (Å²) in [4.78, 5) is 36.5. The lowest BCUT2D eigenvalue weighted by Crippen LogP contribution is -2.39. The van der Waals surface area contributed by atoms with E-state index >= 15 is 0 Å². The quantitative estimate of drug-likeness (QED) is 0.619. The van der Waals surface area contributed by atoms with E-state index in [9.17, 15) is 14.4 Å². The summed E-state index contributed by atoms with van der Waals surface area (Å²) in [6.45, 7) is 2.08. The second-order valence-electron chi connectivity index (χ2n) is 6.40. The Morgan fingerprint density at radius 2 is 1.91 bits per heavy atom. The highest BCUT2D eigenvalue weighted by molar-refractivity contribution is 8.01. The Morgan fingerprint density at radius 3 is 2.45 bits per heavy atom. The number of hydrogen-bond donors (Lipinski definition) is 1. The number of nitrogens with one attached hydrogen (secondary N) is 1. The van der Waals surface area contributed by atoms with Crippen LogP contribution in [0.4, 0.5) is 0 Å². The van der Waals surface area contributed by atoms with Gasteiger partial charge in [0.25, 0.3) is 0 Å². The number of imide groups is 1. The maximum absolute atomic E-state index is 12.1. The van der Waals surface area contributed by atoms with Crippen LogP contribution in [0, 0.1) is 5.92 Å². The summed E-state index contributed by atoms with van der Waals surface area (Å²) >= 11 is 1.28. The van der Waals surface area contributed by atoms with Gasteiger partial charge in [0, 0.05) is 19.5 Å². The zero-order valence-electron chi connectivity index (χ0n) is 13.5. The molecule has 1 aliphatic carbocycles. The second-order valence-corrected chi connectivity index (χ2v) is 7.59. The monoisotopic (exact) mass is 326 g/mol. The molecule has 0 spiro atoms. The molecule has 0 aromatic heterocycles. The van der Waals surface area contributed by atoms with Crippen molar-refractivity contribution in [2.24, 2.45) is 5.92 Å². The van der Waals surface area contributed by atoms with Gasteiger partial charge in [-0.05, 0) is 25.7 Å². The molecule has 0 radical (unpaired) electrons. The second kappa shape index (κ2) is 7.99. The summed E-state index contributed by atoms with van der Waals surface area (Å²) in [5.41, 5.74) is 0. The van der Waals surface area contributed by atoms with Gasteiger partial charge in [-0.2, -0.15) is 0 Å². The minimum absolute atomic E-state index is 0.0310. The fourth-order valence-electron chi connectivity index (χ4n) is 3.25. The van der Waals surface area contributed by atoms with Crippen LogP contribution in [0.2, 0.25) is 0 Å². The van der Waals surface area contributed by atoms with Gasteiger partial charge in [-0.3, -0.25) is 19.3 Å². The van der Waals surface area contributed by atoms with Gasteiger partial charge < -0.3 is 5.32 Å². The molecule has 2 atom stereocenters. The van der Waals surface area contributed by atoms with Crippen molar-refractivity contribution in [1.82, 2.24) is 10.2 Å². The van der Waals surface area contributed by atoms with Crippen LogP contribution in [-0.2, 0) is 14.4 Å². The van der Waals surface area contributed by atoms with Gasteiger partial charge in [0.05, 0.1) is 11.0 Å². The van der Waals surface area contributed by atoms with Crippen LogP contribution in [0.25, 0.3) is 0 Å². The molecular weight excluding hydrogens is 300 g/mol. The van der Waals surface area contributed by atoms with Crippen LogP contribution in [0.5, 0.6) is 0 Å². The first-order valence-corrected chi connectivity index (χ1v) is 9.25. The normalized spacial score (nSPS) is 25.2. The maximum atomic E-state index is 12.1. The van der Waals surface area contributed by atoms with Crippen molar-refractivity contribution >= 4 is 29.5 Å². The summed E-state index contributed by atoms with van der Waals surface area (Å²) in [6.07, 6.45) is 7.71. The number of amides is 3. The van der Waals surface area contributed by atoms with Crippen LogP contribution in [0.15, 0.2) is 0 Å². The Balaban J connectivity index is 1.73. The van der Waals surface area contributed by atoms with Gasteiger partial charge >= 0.3 is 0 Å². The van der Waals surface area contributed by atoms with Gasteiger partial charge in [-0.1, -0.05) is 25.7 Å². The molecule has 0 aromatic carbocycles. The average molecular weight is 326 g/mol. The number of nitrogens with zero attached hydrogens (tertiary/aromatic N) is 1. The van der Waals surface area contributed by atoms with Crippen molar-refractivity contribution in [3.05, 3.63) is 0 Å². The van der Waals surface area contributed by atoms with E-state index in [2.05, 4.69) is 12.2 Å². The standard InChI is InChI=1S/C16H26N2O3S/c1-11(12-7-5-3-4-6-8-12)17-14(19)10-22-13-9-15(20)18(2)16(13)21/h11-13H,3-10H2,1-2H3,(H,17,19). The molecule has 1 N–H and O–H groups in total. The Morgan fingerprint density at radius 1 is 1.27 bits per heavy atom. The van der Waals surface area contributed by atoms with E-state index in [0.29, 0.717) is 5.92 Å². The molecule has 2 rings (SSSR count). The van der Waals surface area contributed by atoms with Gasteiger partial charge in [-0.15, -0.1) is 11.8 Å². The molecule has 2 aliphatic rings. The highest BCUT2D eigenvalue weighted by Crippen LogP contribution is 2.26. The molecule has 2 fully saturated rings. The summed E-state index contributed by atoms with van der Waals surface area (Å²) in [5.74, 6) is 0.442. The van der Waals surface area contributed by atoms with Crippen LogP contribution < -0.4 is 5.32 Å². The van der Waals surface area contributed by atoms with E-state index in [4.69, 9.17) is 0 Å². The summed E-state index contributed by atoms with van der Waals surface area (Å²) in [6, 6.07) is 0.190. The highest BCUT2D eigenvalue weighted by atomic mass is 32.2. The van der Waals surface area contributed by atoms with Gasteiger partial charge in [0.15, 0.2) is 0 Å². The molecule has 1 heterocycles. The van der Waals surface area contributed by atoms with Gasteiger partial charge in [0.1, 0.15) is 0 Å². The van der Waals surface area contributed by atoms with Crippen molar-refractivity contribution in [3.8, 4) is 0 Å². The van der Waals surface area contributed by atoms with Crippen LogP contribution in [-0.4, -0.2) is 46.7 Å². The molecular formula is C16H26N2O3S. The maximum Gasteiger partial charge on any atom is 0.242 e. The Bertz CT molecular complexity index is 433. The molecule has 1 saturated heterocycles. The van der Waals surface area contributed by atoms with E-state index in [1.54, 1.807) is 0 Å². The number of likely N-dealkylation sites (tertiary alicyclic amines) is 1. The zero-order valence-corrected chi connectivity index (χ0v) is 14.3. The molecule has 0 bridgehead atoms. The lowest BCUT2D eigenvalue weighted by molar-refractivity contribution is -0.136. The SMILES string of the molecule is CC(NC(=O)CSC1CC(=O)N(C)C1=O)C1CCCCCC1. The van der Waals surface area contributed by atoms with Crippen LogP contribution >= 0.6 is 11.8 Å². The molecule has 6 heteroatoms. The number of carbonyl (C=O) groups excluding carboxylic acids is 3. The minimum Gasteiger partial charge on any atom is -0.353 e. The van der Waals surface area contributed by atoms with Crippen molar-refractivity contribution in [2.45, 2.75) is 63.2 Å². The van der Waals surface area contributed by atoms with Crippen molar-refractivity contribution < 1.29 is 14.4 Å². The molecule has 1 aliphatic heterocycles. The fraction of sp³-hybridized carbons (Fsp3) is 0.812. The first-order valence-electron chi connectivity index (χ1n) is 8.20. The summed E-state index contributed by atoms with van der Waals surface area (Å²) in [7, 11) is 1.50. The zero-order chi connectivity index (χ0) is 16.1. The lowest BCUT2D eigenvalue weighted by Gasteiger charge is -2.23. The van der Waals surface area contributed by atoms with E-state index in [1.807, 2.05) is 0 Å². The molecule has 3 amide bonds. The van der Waals surface area contributed by atoms with Crippen molar-refractivity contribution in [1.29, 1.82) is 0 Å². The van der Waals surface area contributed by atoms with Crippen LogP contribution in [0.1, 0.15) is 51.9 Å². The van der Waals surface area contributed by atoms with Crippen molar-refractivity contribution in [2.75, 3.05) is 12.8 Å². The molecule has 22 heavy (non-hydrogen) atoms. The van der Waals surface area contributed by atoms with E-state index in [0.717, 1.165) is 4.90 Å². The number of rotatable bonds is 5. The smallest absolute Gasteiger partial charge is 0.242 e. The third-order valence-corrected chi connectivity index (χ3v) is 5.95. The average Bonchev–Trinajstić information content (AvgIpc) is 2.71. The van der Waals surface area contributed by atoms with Crippen LogP contribution in [0.3, 0.4) is 0 Å². The Labute approximate surface area is 136 Å². The molecule has 124 valence electrons. The third kappa shape index (κ3) is 4.48. The fourth-order valence-corrected chi connectivity index (χ4v) is 4.25. The minimum atomic E-state index is -0.392. The highest BCUT2D eigenvalue weighted by Gasteiger charge is 2.36. The first kappa shape index (κ1) is 17.3. The molecule has 5 nitrogen and oxygen atoms in total. The number of carbonyl (C=O) groups is 3. The Hall–Kier alpha value is -1.04. The predicted octanol–water partition coefficient (Wildman–Crippen LogP) is 1.95. The third-order valence-electron chi connectivity index (χ3n) is 4.75. The summed E-state index contributed by atoms with van der Waals surface area (Å²) in [5, 5.41) is 2.68. The van der Waals surface area contributed by atoms with Crippen molar-refractivity contribution in [3.63, 3.8) is 0 Å². The molecule has 1 saturated carbocycles. The molecule has 0 aromatic rings. The van der Waals surface area contributed by atoms with Gasteiger partial charge in [0.2, 0.25) is 17.7 Å². The summed E-state index contributed by atoms with van der Waals surface area (Å²) < 4.78 is 0. The van der Waals surface area contributed by atoms with Gasteiger partial charge in [-0.25, -0.2) is 0 Å². The topological polar surface area (TPSA) is 66.5 Å². The lowest BCUT2D eigenvalue weighted by atomic mass is 9.93. The van der Waals surface area contributed by atoms with E-state index in [-0.39, 0.29) is 35.9 Å². The number of hydrogen-bond acceptors (Lipinski definition) is 4. The largest absolute Gasteiger partial charge is 0.353 e.